The summed E-state index contributed by atoms with van der Waals surface area (Å²) in [6.07, 6.45) is 0.984. The summed E-state index contributed by atoms with van der Waals surface area (Å²) in [4.78, 5) is 40.6. The number of aryl methyl sites for hydroxylation is 1. The van der Waals surface area contributed by atoms with Gasteiger partial charge < -0.3 is 24.6 Å². The minimum Gasteiger partial charge on any atom is -0.507 e. The van der Waals surface area contributed by atoms with Crippen LogP contribution in [0.3, 0.4) is 0 Å². The summed E-state index contributed by atoms with van der Waals surface area (Å²) in [5.74, 6) is -0.364. The number of nitrogens with zero attached hydrogens (tertiary/aromatic N) is 2. The van der Waals surface area contributed by atoms with Gasteiger partial charge in [0.25, 0.3) is 11.8 Å². The van der Waals surface area contributed by atoms with E-state index < -0.39 is 17.6 Å². The van der Waals surface area contributed by atoms with Gasteiger partial charge in [0.1, 0.15) is 17.0 Å². The number of aromatic nitrogens is 1. The third kappa shape index (κ3) is 5.71. The Morgan fingerprint density at radius 2 is 1.73 bits per heavy atom. The fourth-order valence-electron chi connectivity index (χ4n) is 5.11. The third-order valence-electron chi connectivity index (χ3n) is 6.83. The summed E-state index contributed by atoms with van der Waals surface area (Å²) >= 11 is 6.32. The largest absolute Gasteiger partial charge is 0.507 e. The van der Waals surface area contributed by atoms with Crippen molar-refractivity contribution in [1.29, 1.82) is 0 Å². The molecule has 3 aromatic carbocycles. The van der Waals surface area contributed by atoms with E-state index in [0.717, 1.165) is 10.9 Å². The molecule has 0 spiro atoms. The number of ether oxygens (including phenoxy) is 1. The molecule has 0 bridgehead atoms. The first-order valence-corrected chi connectivity index (χ1v) is 13.7. The summed E-state index contributed by atoms with van der Waals surface area (Å²) in [6.45, 7) is 5.66. The van der Waals surface area contributed by atoms with Crippen LogP contribution < -0.4 is 15.5 Å². The molecule has 0 fully saturated rings. The number of hydrogen-bond acceptors (Lipinski definition) is 5. The molecule has 0 unspecified atom stereocenters. The van der Waals surface area contributed by atoms with Crippen LogP contribution in [0.5, 0.6) is 5.75 Å². The molecule has 5 rings (SSSR count). The number of phenolic OH excluding ortho intramolecular Hbond substituents is 1. The molecule has 3 amide bonds. The van der Waals surface area contributed by atoms with E-state index in [9.17, 15) is 19.5 Å². The summed E-state index contributed by atoms with van der Waals surface area (Å²) in [7, 11) is 1.69. The molecule has 0 saturated carbocycles. The lowest BCUT2D eigenvalue weighted by Crippen LogP contribution is -2.30. The van der Waals surface area contributed by atoms with Crippen molar-refractivity contribution in [2.75, 3.05) is 28.0 Å². The maximum atomic E-state index is 13.7. The molecular formula is C31H31ClN4O5. The molecule has 3 N–H and O–H groups in total. The van der Waals surface area contributed by atoms with Gasteiger partial charge in [0.2, 0.25) is 0 Å². The van der Waals surface area contributed by atoms with Crippen LogP contribution >= 0.6 is 11.6 Å². The number of aromatic hydroxyl groups is 1. The molecule has 2 heterocycles. The van der Waals surface area contributed by atoms with Crippen LogP contribution in [-0.4, -0.2) is 45.6 Å². The molecule has 10 heteroatoms. The van der Waals surface area contributed by atoms with Crippen LogP contribution in [0, 0.1) is 0 Å². The average Bonchev–Trinajstić information content (AvgIpc) is 3.47. The van der Waals surface area contributed by atoms with Crippen LogP contribution in [0.4, 0.5) is 21.9 Å². The number of anilines is 3. The quantitative estimate of drug-likeness (QED) is 0.237. The number of benzene rings is 3. The van der Waals surface area contributed by atoms with Crippen LogP contribution in [0.25, 0.3) is 10.8 Å². The highest BCUT2D eigenvalue weighted by Crippen LogP contribution is 2.45. The van der Waals surface area contributed by atoms with Crippen LogP contribution in [0.1, 0.15) is 53.1 Å². The van der Waals surface area contributed by atoms with Gasteiger partial charge in [-0.15, -0.1) is 11.6 Å². The van der Waals surface area contributed by atoms with Gasteiger partial charge in [-0.3, -0.25) is 14.9 Å². The number of phenols is 1. The fourth-order valence-corrected chi connectivity index (χ4v) is 5.36. The van der Waals surface area contributed by atoms with E-state index in [2.05, 4.69) is 10.6 Å². The predicted molar refractivity (Wildman–Crippen MR) is 160 cm³/mol. The number of nitrogens with one attached hydrogen (secondary N) is 2. The number of alkyl halides is 1. The van der Waals surface area contributed by atoms with Crippen molar-refractivity contribution in [2.45, 2.75) is 32.3 Å². The van der Waals surface area contributed by atoms with Gasteiger partial charge >= 0.3 is 6.09 Å². The lowest BCUT2D eigenvalue weighted by Gasteiger charge is -2.19. The van der Waals surface area contributed by atoms with Crippen molar-refractivity contribution in [3.63, 3.8) is 0 Å². The Labute approximate surface area is 242 Å². The van der Waals surface area contributed by atoms with E-state index in [4.69, 9.17) is 16.3 Å². The minimum atomic E-state index is -0.655. The van der Waals surface area contributed by atoms with Crippen molar-refractivity contribution < 1.29 is 24.2 Å². The number of carbonyl (C=O) groups excluding carboxylic acids is 3. The molecule has 1 aliphatic heterocycles. The van der Waals surface area contributed by atoms with Crippen LogP contribution in [0.15, 0.2) is 66.9 Å². The molecule has 1 aliphatic rings. The van der Waals surface area contributed by atoms with Crippen molar-refractivity contribution in [3.05, 3.63) is 83.7 Å². The number of rotatable bonds is 5. The molecule has 41 heavy (non-hydrogen) atoms. The Kier molecular flexibility index (Phi) is 7.40. The summed E-state index contributed by atoms with van der Waals surface area (Å²) in [6, 6.07) is 17.3. The summed E-state index contributed by atoms with van der Waals surface area (Å²) < 4.78 is 6.86. The van der Waals surface area contributed by atoms with Crippen LogP contribution in [0.2, 0.25) is 0 Å². The van der Waals surface area contributed by atoms with Gasteiger partial charge in [-0.1, -0.05) is 30.3 Å². The smallest absolute Gasteiger partial charge is 0.412 e. The number of halogens is 1. The highest BCUT2D eigenvalue weighted by Gasteiger charge is 2.35. The lowest BCUT2D eigenvalue weighted by atomic mass is 9.95. The number of hydrogen-bond donors (Lipinski definition) is 3. The van der Waals surface area contributed by atoms with E-state index >= 15 is 0 Å². The second kappa shape index (κ2) is 10.8. The number of carbonyl (C=O) groups is 3. The fraction of sp³-hybridized carbons (Fsp3) is 0.258. The first-order chi connectivity index (χ1) is 19.4. The van der Waals surface area contributed by atoms with Gasteiger partial charge in [0.15, 0.2) is 0 Å². The van der Waals surface area contributed by atoms with Crippen molar-refractivity contribution in [1.82, 2.24) is 4.57 Å². The van der Waals surface area contributed by atoms with Gasteiger partial charge in [-0.05, 0) is 56.0 Å². The normalized spacial score (nSPS) is 14.6. The Bertz CT molecular complexity index is 1670. The van der Waals surface area contributed by atoms with E-state index in [1.165, 1.54) is 0 Å². The molecule has 212 valence electrons. The topological polar surface area (TPSA) is 113 Å². The van der Waals surface area contributed by atoms with Crippen molar-refractivity contribution >= 4 is 57.3 Å². The van der Waals surface area contributed by atoms with E-state index in [1.54, 1.807) is 79.9 Å². The second-order valence-corrected chi connectivity index (χ2v) is 11.3. The van der Waals surface area contributed by atoms with Gasteiger partial charge in [0.05, 0.1) is 11.4 Å². The Morgan fingerprint density at radius 3 is 2.44 bits per heavy atom. The SMILES string of the molecule is Cn1cc(NC(=O)OC(C)(C)C)cc1C(=O)Nc1cccc(C(=O)N2C[C@@H](CCl)c3c2cc(O)c2ccccc32)c1. The number of fused-ring (bicyclic) bond motifs is 3. The molecule has 0 radical (unpaired) electrons. The van der Waals surface area contributed by atoms with Crippen molar-refractivity contribution in [2.24, 2.45) is 7.05 Å². The standard InChI is InChI=1S/C31H31ClN4O5/c1-31(2,3)41-30(40)34-21-13-25(35(4)17-21)28(38)33-20-9-7-8-18(12-20)29(39)36-16-19(15-32)27-23-11-6-5-10-22(23)26(37)14-24(27)36/h5-14,17,19,37H,15-16H2,1-4H3,(H,33,38)(H,34,40)/t19-/m1/s1. The van der Waals surface area contributed by atoms with Crippen molar-refractivity contribution in [3.8, 4) is 5.75 Å². The molecular weight excluding hydrogens is 544 g/mol. The molecule has 0 saturated heterocycles. The first-order valence-electron chi connectivity index (χ1n) is 13.2. The minimum absolute atomic E-state index is 0.0928. The molecule has 9 nitrogen and oxygen atoms in total. The zero-order valence-electron chi connectivity index (χ0n) is 23.2. The summed E-state index contributed by atoms with van der Waals surface area (Å²) in [5.41, 5.74) is 2.42. The predicted octanol–water partition coefficient (Wildman–Crippen LogP) is 6.47. The summed E-state index contributed by atoms with van der Waals surface area (Å²) in [5, 5.41) is 17.7. The number of amides is 3. The zero-order chi connectivity index (χ0) is 29.5. The second-order valence-electron chi connectivity index (χ2n) is 11.0. The van der Waals surface area contributed by atoms with Gasteiger partial charge in [-0.25, -0.2) is 4.79 Å². The maximum absolute atomic E-state index is 13.7. The molecule has 1 aromatic heterocycles. The highest BCUT2D eigenvalue weighted by atomic mass is 35.5. The lowest BCUT2D eigenvalue weighted by molar-refractivity contribution is 0.0635. The third-order valence-corrected chi connectivity index (χ3v) is 7.20. The maximum Gasteiger partial charge on any atom is 0.412 e. The first kappa shape index (κ1) is 28.0. The zero-order valence-corrected chi connectivity index (χ0v) is 24.0. The van der Waals surface area contributed by atoms with E-state index in [0.29, 0.717) is 46.1 Å². The van der Waals surface area contributed by atoms with Crippen LogP contribution in [-0.2, 0) is 11.8 Å². The average molecular weight is 575 g/mol. The molecule has 1 atom stereocenters. The van der Waals surface area contributed by atoms with Gasteiger partial charge in [-0.2, -0.15) is 0 Å². The van der Waals surface area contributed by atoms with E-state index in [-0.39, 0.29) is 17.6 Å². The highest BCUT2D eigenvalue weighted by molar-refractivity contribution is 6.19. The Hall–Kier alpha value is -4.50. The monoisotopic (exact) mass is 574 g/mol. The molecule has 4 aromatic rings. The van der Waals surface area contributed by atoms with Gasteiger partial charge in [0, 0.05) is 54.3 Å². The Balaban J connectivity index is 1.36. The van der Waals surface area contributed by atoms with E-state index in [1.807, 2.05) is 24.3 Å². The molecule has 0 aliphatic carbocycles. The Morgan fingerprint density at radius 1 is 1.00 bits per heavy atom.